The zero-order valence-corrected chi connectivity index (χ0v) is 17.8. The highest BCUT2D eigenvalue weighted by atomic mass is 19.1. The third-order valence-corrected chi connectivity index (χ3v) is 6.49. The number of hydrogen-bond donors (Lipinski definition) is 1. The molecule has 0 saturated carbocycles. The molecule has 5 nitrogen and oxygen atoms in total. The summed E-state index contributed by atoms with van der Waals surface area (Å²) in [5.41, 5.74) is 3.51. The van der Waals surface area contributed by atoms with Gasteiger partial charge in [0.05, 0.1) is 5.70 Å². The number of nitrogens with zero attached hydrogens (tertiary/aromatic N) is 1. The van der Waals surface area contributed by atoms with E-state index in [9.17, 15) is 23.9 Å². The number of aliphatic carboxylic acids is 1. The number of hydrogen-bond acceptors (Lipinski definition) is 4. The predicted molar refractivity (Wildman–Crippen MR) is 116 cm³/mol. The van der Waals surface area contributed by atoms with Crippen LogP contribution >= 0.6 is 0 Å². The van der Waals surface area contributed by atoms with Crippen molar-refractivity contribution < 1.29 is 23.9 Å². The molecule has 0 aromatic heterocycles. The highest BCUT2D eigenvalue weighted by Crippen LogP contribution is 2.54. The maximum absolute atomic E-state index is 13.7. The molecule has 2 aliphatic carbocycles. The first kappa shape index (κ1) is 20.4. The number of benzene rings is 2. The summed E-state index contributed by atoms with van der Waals surface area (Å²) in [6, 6.07) is 13.0. The van der Waals surface area contributed by atoms with E-state index in [1.54, 1.807) is 29.2 Å². The number of halogens is 1. The third-order valence-electron chi connectivity index (χ3n) is 6.49. The molecule has 0 bridgehead atoms. The molecule has 0 saturated heterocycles. The fraction of sp³-hybridized carbons (Fsp3) is 0.269. The first-order chi connectivity index (χ1) is 15.2. The van der Waals surface area contributed by atoms with Gasteiger partial charge in [0.25, 0.3) is 0 Å². The summed E-state index contributed by atoms with van der Waals surface area (Å²) in [7, 11) is 0. The van der Waals surface area contributed by atoms with E-state index in [0.717, 1.165) is 0 Å². The zero-order valence-electron chi connectivity index (χ0n) is 17.8. The van der Waals surface area contributed by atoms with Crippen molar-refractivity contribution in [2.45, 2.75) is 32.6 Å². The molecular formula is C26H22FNO4. The van der Waals surface area contributed by atoms with Gasteiger partial charge >= 0.3 is 5.97 Å². The van der Waals surface area contributed by atoms with E-state index in [-0.39, 0.29) is 23.5 Å². The minimum absolute atomic E-state index is 0.101. The number of rotatable bonds is 3. The standard InChI is InChI=1S/C26H22FNO4/c1-26(2)11-18-22(19(29)12-26)21(14-7-9-15(27)10-8-14)23-24(28(18)13-20(30)31)16-5-3-4-6-17(16)25(23)32/h3-10,21H,11-13H2,1-2H3,(H,30,31). The molecule has 3 aliphatic rings. The highest BCUT2D eigenvalue weighted by molar-refractivity contribution is 6.23. The first-order valence-corrected chi connectivity index (χ1v) is 10.6. The maximum Gasteiger partial charge on any atom is 0.323 e. The van der Waals surface area contributed by atoms with Gasteiger partial charge in [0.2, 0.25) is 0 Å². The Balaban J connectivity index is 1.82. The quantitative estimate of drug-likeness (QED) is 0.771. The molecule has 32 heavy (non-hydrogen) atoms. The fourth-order valence-corrected chi connectivity index (χ4v) is 5.29. The lowest BCUT2D eigenvalue weighted by Gasteiger charge is -2.44. The number of allylic oxidation sites excluding steroid dienone is 3. The van der Waals surface area contributed by atoms with Crippen molar-refractivity contribution in [1.82, 2.24) is 4.90 Å². The number of carboxylic acid groups (broad SMARTS) is 1. The molecule has 2 aromatic rings. The van der Waals surface area contributed by atoms with Gasteiger partial charge < -0.3 is 10.0 Å². The Kier molecular flexibility index (Phi) is 4.45. The molecule has 1 unspecified atom stereocenters. The number of fused-ring (bicyclic) bond motifs is 2. The lowest BCUT2D eigenvalue weighted by atomic mass is 9.68. The second kappa shape index (κ2) is 6.99. The van der Waals surface area contributed by atoms with Gasteiger partial charge in [-0.15, -0.1) is 0 Å². The lowest BCUT2D eigenvalue weighted by Crippen LogP contribution is -2.41. The van der Waals surface area contributed by atoms with E-state index in [0.29, 0.717) is 52.1 Å². The number of carbonyl (C=O) groups excluding carboxylic acids is 2. The van der Waals surface area contributed by atoms with Crippen LogP contribution in [0, 0.1) is 11.2 Å². The van der Waals surface area contributed by atoms with Gasteiger partial charge in [0.15, 0.2) is 11.6 Å². The van der Waals surface area contributed by atoms with Gasteiger partial charge in [-0.2, -0.15) is 0 Å². The van der Waals surface area contributed by atoms with Gasteiger partial charge in [0, 0.05) is 40.3 Å². The summed E-state index contributed by atoms with van der Waals surface area (Å²) >= 11 is 0. The van der Waals surface area contributed by atoms with Crippen LogP contribution in [-0.4, -0.2) is 34.1 Å². The number of ketones is 2. The van der Waals surface area contributed by atoms with Crippen LogP contribution in [0.3, 0.4) is 0 Å². The second-order valence-corrected chi connectivity index (χ2v) is 9.40. The molecule has 6 heteroatoms. The largest absolute Gasteiger partial charge is 0.480 e. The Labute approximate surface area is 184 Å². The minimum Gasteiger partial charge on any atom is -0.480 e. The molecule has 0 fully saturated rings. The van der Waals surface area contributed by atoms with Gasteiger partial charge in [-0.1, -0.05) is 50.2 Å². The molecule has 0 amide bonds. The summed E-state index contributed by atoms with van der Waals surface area (Å²) in [5.74, 6) is -2.43. The average molecular weight is 431 g/mol. The Bertz CT molecular complexity index is 1250. The van der Waals surface area contributed by atoms with Crippen molar-refractivity contribution in [2.24, 2.45) is 5.41 Å². The van der Waals surface area contributed by atoms with Crippen molar-refractivity contribution in [3.63, 3.8) is 0 Å². The first-order valence-electron chi connectivity index (χ1n) is 10.6. The zero-order chi connectivity index (χ0) is 22.8. The number of carboxylic acids is 1. The van der Waals surface area contributed by atoms with Crippen LogP contribution in [0.1, 0.15) is 54.1 Å². The molecule has 162 valence electrons. The van der Waals surface area contributed by atoms with Crippen molar-refractivity contribution in [2.75, 3.05) is 6.54 Å². The summed E-state index contributed by atoms with van der Waals surface area (Å²) in [6.45, 7) is 3.62. The Morgan fingerprint density at radius 1 is 1.03 bits per heavy atom. The van der Waals surface area contributed by atoms with Crippen molar-refractivity contribution >= 4 is 23.2 Å². The average Bonchev–Trinajstić information content (AvgIpc) is 3.01. The van der Waals surface area contributed by atoms with Crippen LogP contribution in [0.5, 0.6) is 0 Å². The maximum atomic E-state index is 13.7. The van der Waals surface area contributed by atoms with E-state index < -0.39 is 17.7 Å². The van der Waals surface area contributed by atoms with Gasteiger partial charge in [-0.25, -0.2) is 4.39 Å². The van der Waals surface area contributed by atoms with Crippen LogP contribution in [0.15, 0.2) is 65.4 Å². The van der Waals surface area contributed by atoms with Crippen LogP contribution < -0.4 is 0 Å². The van der Waals surface area contributed by atoms with Crippen molar-refractivity contribution in [3.8, 4) is 0 Å². The molecule has 5 rings (SSSR count). The fourth-order valence-electron chi connectivity index (χ4n) is 5.29. The van der Waals surface area contributed by atoms with Crippen LogP contribution in [0.2, 0.25) is 0 Å². The second-order valence-electron chi connectivity index (χ2n) is 9.40. The molecule has 1 aliphatic heterocycles. The number of Topliss-reactive ketones (excluding diaryl/α,β-unsaturated/α-hetero) is 2. The summed E-state index contributed by atoms with van der Waals surface area (Å²) in [5, 5.41) is 9.70. The summed E-state index contributed by atoms with van der Waals surface area (Å²) in [4.78, 5) is 40.5. The van der Waals surface area contributed by atoms with Gasteiger partial charge in [0.1, 0.15) is 12.4 Å². The van der Waals surface area contributed by atoms with E-state index in [2.05, 4.69) is 0 Å². The minimum atomic E-state index is -1.04. The normalized spacial score (nSPS) is 21.5. The topological polar surface area (TPSA) is 74.7 Å². The van der Waals surface area contributed by atoms with Gasteiger partial charge in [-0.05, 0) is 29.5 Å². The number of carbonyl (C=O) groups is 3. The van der Waals surface area contributed by atoms with Crippen molar-refractivity contribution in [3.05, 3.63) is 87.9 Å². The molecule has 1 heterocycles. The molecule has 0 spiro atoms. The Morgan fingerprint density at radius 3 is 2.34 bits per heavy atom. The predicted octanol–water partition coefficient (Wildman–Crippen LogP) is 4.56. The van der Waals surface area contributed by atoms with Crippen molar-refractivity contribution in [1.29, 1.82) is 0 Å². The van der Waals surface area contributed by atoms with Crippen LogP contribution in [0.4, 0.5) is 4.39 Å². The van der Waals surface area contributed by atoms with Gasteiger partial charge in [-0.3, -0.25) is 14.4 Å². The highest BCUT2D eigenvalue weighted by Gasteiger charge is 2.49. The smallest absolute Gasteiger partial charge is 0.323 e. The van der Waals surface area contributed by atoms with E-state index in [1.165, 1.54) is 12.1 Å². The Hall–Kier alpha value is -3.54. The van der Waals surface area contributed by atoms with E-state index >= 15 is 0 Å². The van der Waals surface area contributed by atoms with Crippen LogP contribution in [-0.2, 0) is 9.59 Å². The summed E-state index contributed by atoms with van der Waals surface area (Å²) in [6.07, 6.45) is 0.806. The van der Waals surface area contributed by atoms with E-state index in [4.69, 9.17) is 0 Å². The molecule has 0 radical (unpaired) electrons. The Morgan fingerprint density at radius 2 is 1.69 bits per heavy atom. The SMILES string of the molecule is CC1(C)CC(=O)C2=C(C1)N(CC(=O)O)C1=C(C(=O)c3ccccc31)C2c1ccc(F)cc1. The molecule has 1 N–H and O–H groups in total. The van der Waals surface area contributed by atoms with E-state index in [1.807, 2.05) is 26.0 Å². The third kappa shape index (κ3) is 3.01. The molecular weight excluding hydrogens is 409 g/mol. The monoisotopic (exact) mass is 431 g/mol. The molecule has 1 atom stereocenters. The lowest BCUT2D eigenvalue weighted by molar-refractivity contribution is -0.137. The summed E-state index contributed by atoms with van der Waals surface area (Å²) < 4.78 is 13.7. The molecule has 2 aromatic carbocycles. The van der Waals surface area contributed by atoms with Crippen LogP contribution in [0.25, 0.3) is 5.70 Å².